The van der Waals surface area contributed by atoms with Crippen LogP contribution in [0.1, 0.15) is 39.0 Å². The zero-order chi connectivity index (χ0) is 10.8. The van der Waals surface area contributed by atoms with E-state index < -0.39 is 17.7 Å². The zero-order valence-corrected chi connectivity index (χ0v) is 8.37. The third-order valence-electron chi connectivity index (χ3n) is 3.07. The van der Waals surface area contributed by atoms with Crippen molar-refractivity contribution < 1.29 is 19.4 Å². The number of hydrogen-bond acceptors (Lipinski definition) is 2. The Kier molecular flexibility index (Phi) is 3.48. The summed E-state index contributed by atoms with van der Waals surface area (Å²) in [6.07, 6.45) is 0.698. The predicted octanol–water partition coefficient (Wildman–Crippen LogP) is 1.74. The van der Waals surface area contributed by atoms with Crippen LogP contribution in [0, 0.1) is 5.92 Å². The second-order valence-electron chi connectivity index (χ2n) is 4.34. The Morgan fingerprint density at radius 1 is 1.50 bits per heavy atom. The summed E-state index contributed by atoms with van der Waals surface area (Å²) in [5, 5.41) is 18.4. The van der Waals surface area contributed by atoms with Crippen molar-refractivity contribution in [3.8, 4) is 0 Å². The van der Waals surface area contributed by atoms with Crippen LogP contribution >= 0.6 is 0 Å². The van der Waals surface area contributed by atoms with Crippen LogP contribution < -0.4 is 0 Å². The first-order chi connectivity index (χ1) is 6.46. The van der Waals surface area contributed by atoms with E-state index in [1.807, 2.05) is 6.92 Å². The molecule has 0 aromatic rings. The van der Waals surface area contributed by atoms with Crippen molar-refractivity contribution in [2.45, 2.75) is 50.8 Å². The van der Waals surface area contributed by atoms with Crippen LogP contribution in [-0.4, -0.2) is 28.0 Å². The highest BCUT2D eigenvalue weighted by molar-refractivity contribution is 5.73. The summed E-state index contributed by atoms with van der Waals surface area (Å²) in [7, 11) is 0. The quantitative estimate of drug-likeness (QED) is 0.673. The average Bonchev–Trinajstić information content (AvgIpc) is 2.28. The third kappa shape index (κ3) is 2.44. The molecule has 1 aliphatic carbocycles. The highest BCUT2D eigenvalue weighted by atomic mass is 19.1. The summed E-state index contributed by atoms with van der Waals surface area (Å²) in [6, 6.07) is 0. The molecule has 3 unspecified atom stereocenters. The molecule has 3 atom stereocenters. The van der Waals surface area contributed by atoms with Gasteiger partial charge in [0.25, 0.3) is 0 Å². The first kappa shape index (κ1) is 11.4. The Morgan fingerprint density at radius 3 is 2.71 bits per heavy atom. The number of halogens is 1. The van der Waals surface area contributed by atoms with Crippen LogP contribution in [0.15, 0.2) is 0 Å². The fourth-order valence-electron chi connectivity index (χ4n) is 2.01. The Bertz CT molecular complexity index is 219. The van der Waals surface area contributed by atoms with Gasteiger partial charge in [0.05, 0.1) is 0 Å². The number of carboxylic acids is 1. The van der Waals surface area contributed by atoms with Crippen molar-refractivity contribution in [2.24, 2.45) is 5.92 Å². The Labute approximate surface area is 82.9 Å². The SMILES string of the molecule is CC1CCCC(O)(C(F)C(=O)O)CC1. The molecule has 0 aromatic carbocycles. The van der Waals surface area contributed by atoms with Gasteiger partial charge in [-0.2, -0.15) is 0 Å². The minimum absolute atomic E-state index is 0.252. The largest absolute Gasteiger partial charge is 0.479 e. The molecular weight excluding hydrogens is 187 g/mol. The molecule has 0 saturated heterocycles. The van der Waals surface area contributed by atoms with Crippen LogP contribution in [0.25, 0.3) is 0 Å². The molecule has 4 heteroatoms. The van der Waals surface area contributed by atoms with Gasteiger partial charge in [-0.25, -0.2) is 9.18 Å². The minimum Gasteiger partial charge on any atom is -0.479 e. The lowest BCUT2D eigenvalue weighted by atomic mass is 9.89. The highest BCUT2D eigenvalue weighted by Gasteiger charge is 2.42. The first-order valence-corrected chi connectivity index (χ1v) is 5.05. The van der Waals surface area contributed by atoms with E-state index in [4.69, 9.17) is 5.11 Å². The van der Waals surface area contributed by atoms with Gasteiger partial charge in [0, 0.05) is 0 Å². The molecule has 2 N–H and O–H groups in total. The van der Waals surface area contributed by atoms with Gasteiger partial charge in [0.15, 0.2) is 0 Å². The van der Waals surface area contributed by atoms with Gasteiger partial charge >= 0.3 is 5.97 Å². The minimum atomic E-state index is -2.15. The molecule has 82 valence electrons. The Balaban J connectivity index is 2.67. The summed E-state index contributed by atoms with van der Waals surface area (Å²) >= 11 is 0. The summed E-state index contributed by atoms with van der Waals surface area (Å²) < 4.78 is 13.3. The Morgan fingerprint density at radius 2 is 2.14 bits per heavy atom. The molecule has 1 saturated carbocycles. The summed E-state index contributed by atoms with van der Waals surface area (Å²) in [5.41, 5.74) is -1.64. The number of carboxylic acid groups (broad SMARTS) is 1. The third-order valence-corrected chi connectivity index (χ3v) is 3.07. The van der Waals surface area contributed by atoms with Gasteiger partial charge in [-0.1, -0.05) is 19.8 Å². The van der Waals surface area contributed by atoms with E-state index in [9.17, 15) is 14.3 Å². The molecule has 1 rings (SSSR count). The van der Waals surface area contributed by atoms with Crippen LogP contribution in [0.4, 0.5) is 4.39 Å². The van der Waals surface area contributed by atoms with E-state index in [2.05, 4.69) is 0 Å². The average molecular weight is 204 g/mol. The van der Waals surface area contributed by atoms with Crippen LogP contribution in [0.2, 0.25) is 0 Å². The van der Waals surface area contributed by atoms with Gasteiger partial charge < -0.3 is 10.2 Å². The molecule has 0 amide bonds. The van der Waals surface area contributed by atoms with Gasteiger partial charge in [0.1, 0.15) is 5.60 Å². The number of hydrogen-bond donors (Lipinski definition) is 2. The maximum absolute atomic E-state index is 13.3. The topological polar surface area (TPSA) is 57.5 Å². The van der Waals surface area contributed by atoms with Gasteiger partial charge in [-0.15, -0.1) is 0 Å². The molecule has 1 aliphatic rings. The fraction of sp³-hybridized carbons (Fsp3) is 0.900. The normalized spacial score (nSPS) is 36.1. The molecule has 0 aliphatic heterocycles. The standard InChI is InChI=1S/C10H17FO3/c1-7-3-2-5-10(14,6-4-7)8(11)9(12)13/h7-8,14H,2-6H2,1H3,(H,12,13). The van der Waals surface area contributed by atoms with Crippen molar-refractivity contribution in [3.63, 3.8) is 0 Å². The highest BCUT2D eigenvalue weighted by Crippen LogP contribution is 2.33. The molecule has 0 radical (unpaired) electrons. The zero-order valence-electron chi connectivity index (χ0n) is 8.37. The van der Waals surface area contributed by atoms with Crippen molar-refractivity contribution in [1.29, 1.82) is 0 Å². The molecule has 0 heterocycles. The monoisotopic (exact) mass is 204 g/mol. The molecule has 0 aromatic heterocycles. The Hall–Kier alpha value is -0.640. The summed E-state index contributed by atoms with van der Waals surface area (Å²) in [6.45, 7) is 2.04. The predicted molar refractivity (Wildman–Crippen MR) is 49.7 cm³/mol. The van der Waals surface area contributed by atoms with E-state index in [-0.39, 0.29) is 12.8 Å². The van der Waals surface area contributed by atoms with Crippen LogP contribution in [0.3, 0.4) is 0 Å². The molecule has 0 spiro atoms. The van der Waals surface area contributed by atoms with E-state index in [0.29, 0.717) is 18.8 Å². The van der Waals surface area contributed by atoms with Crippen LogP contribution in [0.5, 0.6) is 0 Å². The molecule has 3 nitrogen and oxygen atoms in total. The number of aliphatic hydroxyl groups is 1. The number of carbonyl (C=O) groups is 1. The van der Waals surface area contributed by atoms with Crippen molar-refractivity contribution >= 4 is 5.97 Å². The van der Waals surface area contributed by atoms with E-state index in [0.717, 1.165) is 6.42 Å². The molecule has 0 bridgehead atoms. The fourth-order valence-corrected chi connectivity index (χ4v) is 2.01. The van der Waals surface area contributed by atoms with Crippen molar-refractivity contribution in [2.75, 3.05) is 0 Å². The molecular formula is C10H17FO3. The number of aliphatic carboxylic acids is 1. The van der Waals surface area contributed by atoms with E-state index in [1.165, 1.54) is 0 Å². The second kappa shape index (κ2) is 4.26. The molecule has 1 fully saturated rings. The van der Waals surface area contributed by atoms with E-state index in [1.54, 1.807) is 0 Å². The van der Waals surface area contributed by atoms with Gasteiger partial charge in [-0.3, -0.25) is 0 Å². The van der Waals surface area contributed by atoms with Gasteiger partial charge in [0.2, 0.25) is 6.17 Å². The second-order valence-corrected chi connectivity index (χ2v) is 4.34. The smallest absolute Gasteiger partial charge is 0.341 e. The summed E-state index contributed by atoms with van der Waals surface area (Å²) in [4.78, 5) is 10.5. The summed E-state index contributed by atoms with van der Waals surface area (Å²) in [5.74, 6) is -1.10. The number of rotatable bonds is 2. The van der Waals surface area contributed by atoms with Crippen molar-refractivity contribution in [3.05, 3.63) is 0 Å². The number of alkyl halides is 1. The molecule has 14 heavy (non-hydrogen) atoms. The maximum atomic E-state index is 13.3. The van der Waals surface area contributed by atoms with E-state index >= 15 is 0 Å². The van der Waals surface area contributed by atoms with Gasteiger partial charge in [-0.05, 0) is 25.2 Å². The van der Waals surface area contributed by atoms with Crippen LogP contribution in [-0.2, 0) is 4.79 Å². The lowest BCUT2D eigenvalue weighted by Gasteiger charge is -2.27. The van der Waals surface area contributed by atoms with Crippen molar-refractivity contribution in [1.82, 2.24) is 0 Å². The lowest BCUT2D eigenvalue weighted by molar-refractivity contribution is -0.155. The first-order valence-electron chi connectivity index (χ1n) is 5.05. The maximum Gasteiger partial charge on any atom is 0.341 e. The lowest BCUT2D eigenvalue weighted by Crippen LogP contribution is -2.44.